The molecule has 1 heterocycles. The van der Waals surface area contributed by atoms with Crippen molar-refractivity contribution in [1.82, 2.24) is 20.4 Å². The van der Waals surface area contributed by atoms with E-state index >= 15 is 0 Å². The third-order valence-electron chi connectivity index (χ3n) is 6.93. The molecule has 0 bridgehead atoms. The smallest absolute Gasteiger partial charge is 0.234 e. The van der Waals surface area contributed by atoms with Gasteiger partial charge in [-0.2, -0.15) is 0 Å². The number of amides is 1. The molecule has 1 fully saturated rings. The zero-order chi connectivity index (χ0) is 26.6. The molecular formula is C29H42F2N4O2. The predicted molar refractivity (Wildman–Crippen MR) is 143 cm³/mol. The molecule has 3 rings (SSSR count). The fourth-order valence-electron chi connectivity index (χ4n) is 4.74. The van der Waals surface area contributed by atoms with Gasteiger partial charge >= 0.3 is 0 Å². The summed E-state index contributed by atoms with van der Waals surface area (Å²) in [4.78, 5) is 17.5. The molecule has 0 radical (unpaired) electrons. The van der Waals surface area contributed by atoms with E-state index in [0.717, 1.165) is 50.8 Å². The minimum absolute atomic E-state index is 0.124. The van der Waals surface area contributed by atoms with Gasteiger partial charge < -0.3 is 20.6 Å². The maximum absolute atomic E-state index is 13.8. The summed E-state index contributed by atoms with van der Waals surface area (Å²) in [6.45, 7) is 9.92. The molecular weight excluding hydrogens is 474 g/mol. The Labute approximate surface area is 220 Å². The number of aliphatic hydroxyl groups is 1. The Bertz CT molecular complexity index is 962. The number of hydrogen-bond donors (Lipinski definition) is 3. The summed E-state index contributed by atoms with van der Waals surface area (Å²) in [6.07, 6.45) is 2.48. The summed E-state index contributed by atoms with van der Waals surface area (Å²) in [5, 5.41) is 17.2. The van der Waals surface area contributed by atoms with E-state index in [1.54, 1.807) is 0 Å². The third kappa shape index (κ3) is 10.1. The lowest BCUT2D eigenvalue weighted by Crippen LogP contribution is -2.53. The van der Waals surface area contributed by atoms with Crippen LogP contribution in [0.4, 0.5) is 8.78 Å². The Balaban J connectivity index is 1.57. The quantitative estimate of drug-likeness (QED) is 0.360. The van der Waals surface area contributed by atoms with Gasteiger partial charge in [-0.15, -0.1) is 0 Å². The van der Waals surface area contributed by atoms with Gasteiger partial charge in [0.15, 0.2) is 0 Å². The van der Waals surface area contributed by atoms with E-state index in [1.807, 2.05) is 12.1 Å². The molecule has 0 saturated carbocycles. The van der Waals surface area contributed by atoms with Gasteiger partial charge in [0, 0.05) is 45.3 Å². The van der Waals surface area contributed by atoms with E-state index in [2.05, 4.69) is 46.4 Å². The molecule has 0 aliphatic carbocycles. The first-order chi connectivity index (χ1) is 17.9. The topological polar surface area (TPSA) is 67.8 Å². The lowest BCUT2D eigenvalue weighted by Gasteiger charge is -2.34. The molecule has 2 aromatic rings. The summed E-state index contributed by atoms with van der Waals surface area (Å²) >= 11 is 0. The van der Waals surface area contributed by atoms with E-state index in [-0.39, 0.29) is 25.4 Å². The highest BCUT2D eigenvalue weighted by molar-refractivity contribution is 5.78. The van der Waals surface area contributed by atoms with Crippen LogP contribution in [0.3, 0.4) is 0 Å². The fourth-order valence-corrected chi connectivity index (χ4v) is 4.74. The van der Waals surface area contributed by atoms with Gasteiger partial charge in [0.05, 0.1) is 18.7 Å². The van der Waals surface area contributed by atoms with Crippen molar-refractivity contribution in [2.24, 2.45) is 0 Å². The van der Waals surface area contributed by atoms with E-state index in [0.29, 0.717) is 12.1 Å². The van der Waals surface area contributed by atoms with Crippen LogP contribution in [0.5, 0.6) is 0 Å². The van der Waals surface area contributed by atoms with Gasteiger partial charge in [0.25, 0.3) is 0 Å². The largest absolute Gasteiger partial charge is 0.390 e. The number of rotatable bonds is 14. The number of hydrogen-bond acceptors (Lipinski definition) is 5. The maximum Gasteiger partial charge on any atom is 0.234 e. The van der Waals surface area contributed by atoms with Gasteiger partial charge in [-0.3, -0.25) is 9.69 Å². The van der Waals surface area contributed by atoms with Crippen LogP contribution in [0, 0.1) is 11.6 Å². The molecule has 1 aliphatic rings. The average Bonchev–Trinajstić information content (AvgIpc) is 2.87. The minimum atomic E-state index is -0.935. The molecule has 204 valence electrons. The van der Waals surface area contributed by atoms with Crippen molar-refractivity contribution in [3.63, 3.8) is 0 Å². The zero-order valence-electron chi connectivity index (χ0n) is 22.2. The Hall–Kier alpha value is -2.39. The van der Waals surface area contributed by atoms with Gasteiger partial charge in [-0.1, -0.05) is 44.5 Å². The molecule has 8 heteroatoms. The number of benzene rings is 2. The van der Waals surface area contributed by atoms with E-state index in [1.165, 1.54) is 30.5 Å². The second kappa shape index (κ2) is 15.1. The Kier molecular flexibility index (Phi) is 11.9. The summed E-state index contributed by atoms with van der Waals surface area (Å²) in [7, 11) is 0. The van der Waals surface area contributed by atoms with Gasteiger partial charge in [-0.05, 0) is 54.6 Å². The predicted octanol–water partition coefficient (Wildman–Crippen LogP) is 3.12. The number of carbonyl (C=O) groups excluding carboxylic acids is 1. The van der Waals surface area contributed by atoms with E-state index in [9.17, 15) is 18.7 Å². The fraction of sp³-hybridized carbons (Fsp3) is 0.552. The second-order valence-electron chi connectivity index (χ2n) is 10.00. The van der Waals surface area contributed by atoms with Crippen molar-refractivity contribution < 1.29 is 18.7 Å². The molecule has 2 aromatic carbocycles. The molecule has 37 heavy (non-hydrogen) atoms. The Morgan fingerprint density at radius 1 is 0.973 bits per heavy atom. The highest BCUT2D eigenvalue weighted by Crippen LogP contribution is 2.13. The number of carbonyl (C=O) groups is 1. The monoisotopic (exact) mass is 516 g/mol. The number of piperazine rings is 1. The van der Waals surface area contributed by atoms with Gasteiger partial charge in [0.1, 0.15) is 11.6 Å². The Morgan fingerprint density at radius 2 is 1.65 bits per heavy atom. The average molecular weight is 517 g/mol. The number of nitrogens with zero attached hydrogens (tertiary/aromatic N) is 2. The van der Waals surface area contributed by atoms with Crippen molar-refractivity contribution in [3.05, 3.63) is 70.8 Å². The molecule has 0 unspecified atom stereocenters. The van der Waals surface area contributed by atoms with Crippen LogP contribution in [-0.2, 0) is 24.2 Å². The SMILES string of the molecule is CCCCN1CCN(CC(=O)N[C@@H](Cc2cc(F)cc(F)c2)[C@@H](O)CNCc2cccc(CC)c2)CC1. The molecule has 0 spiro atoms. The van der Waals surface area contributed by atoms with Crippen LogP contribution in [0.25, 0.3) is 0 Å². The van der Waals surface area contributed by atoms with Crippen molar-refractivity contribution in [2.45, 2.75) is 58.2 Å². The highest BCUT2D eigenvalue weighted by Gasteiger charge is 2.24. The second-order valence-corrected chi connectivity index (χ2v) is 10.00. The van der Waals surface area contributed by atoms with Crippen LogP contribution in [-0.4, -0.2) is 78.8 Å². The number of halogens is 2. The van der Waals surface area contributed by atoms with Crippen molar-refractivity contribution in [2.75, 3.05) is 45.8 Å². The van der Waals surface area contributed by atoms with Crippen LogP contribution < -0.4 is 10.6 Å². The maximum atomic E-state index is 13.8. The first-order valence-corrected chi connectivity index (χ1v) is 13.5. The van der Waals surface area contributed by atoms with Gasteiger partial charge in [-0.25, -0.2) is 8.78 Å². The first kappa shape index (κ1) is 29.2. The van der Waals surface area contributed by atoms with Crippen LogP contribution in [0.15, 0.2) is 42.5 Å². The molecule has 3 N–H and O–H groups in total. The number of unbranched alkanes of at least 4 members (excludes halogenated alkanes) is 1. The zero-order valence-corrected chi connectivity index (χ0v) is 22.2. The summed E-state index contributed by atoms with van der Waals surface area (Å²) in [5.74, 6) is -1.55. The molecule has 2 atom stereocenters. The number of nitrogens with one attached hydrogen (secondary N) is 2. The van der Waals surface area contributed by atoms with Crippen LogP contribution in [0.2, 0.25) is 0 Å². The summed E-state index contributed by atoms with van der Waals surface area (Å²) in [6, 6.07) is 10.9. The first-order valence-electron chi connectivity index (χ1n) is 13.5. The lowest BCUT2D eigenvalue weighted by atomic mass is 10.0. The van der Waals surface area contributed by atoms with E-state index in [4.69, 9.17) is 0 Å². The van der Waals surface area contributed by atoms with Crippen molar-refractivity contribution >= 4 is 5.91 Å². The van der Waals surface area contributed by atoms with Crippen molar-refractivity contribution in [3.8, 4) is 0 Å². The number of aryl methyl sites for hydroxylation is 1. The third-order valence-corrected chi connectivity index (χ3v) is 6.93. The molecule has 1 amide bonds. The molecule has 6 nitrogen and oxygen atoms in total. The number of aliphatic hydroxyl groups excluding tert-OH is 1. The minimum Gasteiger partial charge on any atom is -0.390 e. The van der Waals surface area contributed by atoms with Crippen LogP contribution in [0.1, 0.15) is 43.4 Å². The standard InChI is InChI=1S/C29H42F2N4O2/c1-3-5-9-34-10-12-35(13-11-34)21-29(37)33-27(17-24-15-25(30)18-26(31)16-24)28(36)20-32-19-23-8-6-7-22(4-2)14-23/h6-8,14-16,18,27-28,32,36H,3-5,9-13,17,19-21H2,1-2H3,(H,33,37)/t27-,28-/m0/s1. The summed E-state index contributed by atoms with van der Waals surface area (Å²) in [5.41, 5.74) is 2.74. The lowest BCUT2D eigenvalue weighted by molar-refractivity contribution is -0.124. The Morgan fingerprint density at radius 3 is 2.32 bits per heavy atom. The van der Waals surface area contributed by atoms with Gasteiger partial charge in [0.2, 0.25) is 5.91 Å². The highest BCUT2D eigenvalue weighted by atomic mass is 19.1. The normalized spacial score (nSPS) is 16.5. The summed E-state index contributed by atoms with van der Waals surface area (Å²) < 4.78 is 27.6. The van der Waals surface area contributed by atoms with Crippen molar-refractivity contribution in [1.29, 1.82) is 0 Å². The van der Waals surface area contributed by atoms with E-state index < -0.39 is 23.8 Å². The molecule has 1 aliphatic heterocycles. The molecule has 1 saturated heterocycles. The van der Waals surface area contributed by atoms with Crippen LogP contribution >= 0.6 is 0 Å². The molecule has 0 aromatic heterocycles.